The molecule has 1 heterocycles. The molecule has 0 aromatic heterocycles. The van der Waals surface area contributed by atoms with Gasteiger partial charge in [0.25, 0.3) is 5.91 Å². The Hall–Kier alpha value is -2.36. The third-order valence-corrected chi connectivity index (χ3v) is 4.44. The molecule has 0 atom stereocenters. The third-order valence-electron chi connectivity index (χ3n) is 4.44. The molecule has 1 aromatic carbocycles. The van der Waals surface area contributed by atoms with Crippen molar-refractivity contribution in [1.29, 1.82) is 0 Å². The van der Waals surface area contributed by atoms with E-state index in [0.29, 0.717) is 23.4 Å². The number of hydrogen-bond acceptors (Lipinski definition) is 3. The maximum absolute atomic E-state index is 12.8. The molecule has 1 amide bonds. The number of allylic oxidation sites excluding steroid dienone is 1. The summed E-state index contributed by atoms with van der Waals surface area (Å²) in [5, 5.41) is 0. The average molecular weight is 341 g/mol. The van der Waals surface area contributed by atoms with Crippen molar-refractivity contribution in [2.45, 2.75) is 46.5 Å². The lowest BCUT2D eigenvalue weighted by Gasteiger charge is -2.18. The maximum Gasteiger partial charge on any atom is 0.340 e. The maximum atomic E-state index is 12.8. The van der Waals surface area contributed by atoms with Crippen LogP contribution in [-0.2, 0) is 19.7 Å². The molecular weight excluding hydrogens is 314 g/mol. The van der Waals surface area contributed by atoms with Crippen LogP contribution in [0.15, 0.2) is 41.1 Å². The number of amides is 1. The highest BCUT2D eigenvalue weighted by molar-refractivity contribution is 6.16. The Balaban J connectivity index is 2.46. The molecule has 1 aromatic rings. The minimum absolute atomic E-state index is 0.0699. The Kier molecular flexibility index (Phi) is 5.51. The number of methoxy groups -OCH3 is 1. The van der Waals surface area contributed by atoms with Gasteiger partial charge in [0.2, 0.25) is 0 Å². The second-order valence-electron chi connectivity index (χ2n) is 7.34. The van der Waals surface area contributed by atoms with Gasteiger partial charge in [-0.2, -0.15) is 0 Å². The fourth-order valence-corrected chi connectivity index (χ4v) is 2.97. The van der Waals surface area contributed by atoms with Crippen LogP contribution in [0.1, 0.15) is 52.2 Å². The first kappa shape index (κ1) is 19.0. The van der Waals surface area contributed by atoms with Gasteiger partial charge in [0.05, 0.1) is 18.3 Å². The highest BCUT2D eigenvalue weighted by Crippen LogP contribution is 2.32. The summed E-state index contributed by atoms with van der Waals surface area (Å²) in [5.74, 6) is -0.610. The smallest absolute Gasteiger partial charge is 0.340 e. The first-order chi connectivity index (χ1) is 11.7. The van der Waals surface area contributed by atoms with E-state index in [0.717, 1.165) is 12.0 Å². The molecule has 25 heavy (non-hydrogen) atoms. The van der Waals surface area contributed by atoms with Gasteiger partial charge < -0.3 is 9.64 Å². The van der Waals surface area contributed by atoms with Crippen LogP contribution in [0.4, 0.5) is 0 Å². The lowest BCUT2D eigenvalue weighted by atomic mass is 9.86. The number of rotatable bonds is 4. The normalized spacial score (nSPS) is 16.8. The standard InChI is InChI=1S/C21H27NO3/c1-7-12-22-14(2)18(20(24)25-6)17(19(22)23)13-15-8-10-16(11-9-15)21(3,4)5/h8-11,13H,7,12H2,1-6H3/b17-13-. The number of ether oxygens (including phenoxy) is 1. The minimum atomic E-state index is -0.470. The molecule has 0 fully saturated rings. The summed E-state index contributed by atoms with van der Waals surface area (Å²) >= 11 is 0. The van der Waals surface area contributed by atoms with Crippen molar-refractivity contribution < 1.29 is 14.3 Å². The monoisotopic (exact) mass is 341 g/mol. The molecule has 1 aliphatic heterocycles. The fourth-order valence-electron chi connectivity index (χ4n) is 2.97. The first-order valence-electron chi connectivity index (χ1n) is 8.64. The number of nitrogens with zero attached hydrogens (tertiary/aromatic N) is 1. The predicted molar refractivity (Wildman–Crippen MR) is 99.8 cm³/mol. The average Bonchev–Trinajstić information content (AvgIpc) is 2.79. The summed E-state index contributed by atoms with van der Waals surface area (Å²) in [6.45, 7) is 10.9. The summed E-state index contributed by atoms with van der Waals surface area (Å²) < 4.78 is 4.89. The Bertz CT molecular complexity index is 733. The van der Waals surface area contributed by atoms with Crippen LogP contribution in [0.3, 0.4) is 0 Å². The van der Waals surface area contributed by atoms with Gasteiger partial charge in [0.1, 0.15) is 0 Å². The van der Waals surface area contributed by atoms with Crippen LogP contribution in [0, 0.1) is 0 Å². The van der Waals surface area contributed by atoms with Gasteiger partial charge in [-0.1, -0.05) is 52.0 Å². The van der Waals surface area contributed by atoms with Crippen molar-refractivity contribution >= 4 is 18.0 Å². The SMILES string of the molecule is CCCN1C(=O)/C(=C\c2ccc(C(C)(C)C)cc2)C(C(=O)OC)=C1C. The van der Waals surface area contributed by atoms with Crippen LogP contribution < -0.4 is 0 Å². The molecule has 0 spiro atoms. The Morgan fingerprint density at radius 1 is 1.20 bits per heavy atom. The van der Waals surface area contributed by atoms with E-state index in [-0.39, 0.29) is 11.3 Å². The van der Waals surface area contributed by atoms with Crippen LogP contribution in [0.25, 0.3) is 6.08 Å². The van der Waals surface area contributed by atoms with Crippen LogP contribution in [0.5, 0.6) is 0 Å². The van der Waals surface area contributed by atoms with Gasteiger partial charge in [0, 0.05) is 12.2 Å². The Morgan fingerprint density at radius 2 is 1.80 bits per heavy atom. The molecule has 0 radical (unpaired) electrons. The van der Waals surface area contributed by atoms with Crippen molar-refractivity contribution in [3.63, 3.8) is 0 Å². The molecule has 2 rings (SSSR count). The number of hydrogen-bond donors (Lipinski definition) is 0. The topological polar surface area (TPSA) is 46.6 Å². The van der Waals surface area contributed by atoms with Gasteiger partial charge in [-0.3, -0.25) is 4.79 Å². The van der Waals surface area contributed by atoms with Crippen molar-refractivity contribution in [1.82, 2.24) is 4.90 Å². The molecule has 0 unspecified atom stereocenters. The number of esters is 1. The van der Waals surface area contributed by atoms with Gasteiger partial charge in [-0.15, -0.1) is 0 Å². The van der Waals surface area contributed by atoms with Crippen molar-refractivity contribution in [3.05, 3.63) is 52.2 Å². The third kappa shape index (κ3) is 3.84. The Morgan fingerprint density at radius 3 is 2.28 bits per heavy atom. The van der Waals surface area contributed by atoms with Crippen LogP contribution in [-0.4, -0.2) is 30.4 Å². The fraction of sp³-hybridized carbons (Fsp3) is 0.429. The molecule has 134 valence electrons. The highest BCUT2D eigenvalue weighted by atomic mass is 16.5. The second kappa shape index (κ2) is 7.26. The summed E-state index contributed by atoms with van der Waals surface area (Å²) in [4.78, 5) is 26.6. The van der Waals surface area contributed by atoms with Gasteiger partial charge in [-0.05, 0) is 36.0 Å². The number of benzene rings is 1. The Labute approximate surface area is 150 Å². The molecule has 0 saturated carbocycles. The highest BCUT2D eigenvalue weighted by Gasteiger charge is 2.36. The number of carbonyl (C=O) groups excluding carboxylic acids is 2. The molecule has 1 aliphatic rings. The van der Waals surface area contributed by atoms with E-state index >= 15 is 0 Å². The quantitative estimate of drug-likeness (QED) is 0.613. The largest absolute Gasteiger partial charge is 0.465 e. The van der Waals surface area contributed by atoms with E-state index in [2.05, 4.69) is 32.9 Å². The molecule has 4 heteroatoms. The van der Waals surface area contributed by atoms with E-state index in [1.165, 1.54) is 12.7 Å². The first-order valence-corrected chi connectivity index (χ1v) is 8.64. The summed E-state index contributed by atoms with van der Waals surface area (Å²) in [5.41, 5.74) is 3.61. The van der Waals surface area contributed by atoms with Gasteiger partial charge in [0.15, 0.2) is 0 Å². The predicted octanol–water partition coefficient (Wildman–Crippen LogP) is 4.07. The lowest BCUT2D eigenvalue weighted by molar-refractivity contribution is -0.136. The molecular formula is C21H27NO3. The summed E-state index contributed by atoms with van der Waals surface area (Å²) in [6, 6.07) is 8.08. The van der Waals surface area contributed by atoms with Crippen LogP contribution >= 0.6 is 0 Å². The zero-order valence-electron chi connectivity index (χ0n) is 16.0. The minimum Gasteiger partial charge on any atom is -0.465 e. The summed E-state index contributed by atoms with van der Waals surface area (Å²) in [6.07, 6.45) is 2.60. The van der Waals surface area contributed by atoms with E-state index in [4.69, 9.17) is 4.74 Å². The number of carbonyl (C=O) groups is 2. The molecule has 0 saturated heterocycles. The van der Waals surface area contributed by atoms with Crippen molar-refractivity contribution in [2.24, 2.45) is 0 Å². The molecule has 4 nitrogen and oxygen atoms in total. The van der Waals surface area contributed by atoms with Crippen molar-refractivity contribution in [3.8, 4) is 0 Å². The van der Waals surface area contributed by atoms with Gasteiger partial charge >= 0.3 is 5.97 Å². The molecule has 0 N–H and O–H groups in total. The van der Waals surface area contributed by atoms with Crippen LogP contribution in [0.2, 0.25) is 0 Å². The van der Waals surface area contributed by atoms with Crippen molar-refractivity contribution in [2.75, 3.05) is 13.7 Å². The van der Waals surface area contributed by atoms with Gasteiger partial charge in [-0.25, -0.2) is 4.79 Å². The second-order valence-corrected chi connectivity index (χ2v) is 7.34. The lowest BCUT2D eigenvalue weighted by Crippen LogP contribution is -2.25. The molecule has 0 bridgehead atoms. The molecule has 0 aliphatic carbocycles. The zero-order chi connectivity index (χ0) is 18.8. The van der Waals surface area contributed by atoms with E-state index in [1.807, 2.05) is 19.1 Å². The zero-order valence-corrected chi connectivity index (χ0v) is 16.0. The van der Waals surface area contributed by atoms with E-state index in [1.54, 1.807) is 17.9 Å². The summed E-state index contributed by atoms with van der Waals surface area (Å²) in [7, 11) is 1.34. The van der Waals surface area contributed by atoms with E-state index in [9.17, 15) is 9.59 Å². The van der Waals surface area contributed by atoms with E-state index < -0.39 is 5.97 Å².